The molecule has 4 bridgehead atoms. The summed E-state index contributed by atoms with van der Waals surface area (Å²) in [7, 11) is 0. The van der Waals surface area contributed by atoms with Crippen molar-refractivity contribution in [2.45, 2.75) is 44.6 Å². The fourth-order valence-electron chi connectivity index (χ4n) is 3.33. The highest BCUT2D eigenvalue weighted by Crippen LogP contribution is 2.30. The summed E-state index contributed by atoms with van der Waals surface area (Å²) in [6.07, 6.45) is 6.41. The Morgan fingerprint density at radius 3 is 2.14 bits per heavy atom. The highest BCUT2D eigenvalue weighted by molar-refractivity contribution is 5.38. The zero-order valence-corrected chi connectivity index (χ0v) is 13.3. The van der Waals surface area contributed by atoms with Crippen molar-refractivity contribution in [3.63, 3.8) is 0 Å². The lowest BCUT2D eigenvalue weighted by Crippen LogP contribution is -2.23. The van der Waals surface area contributed by atoms with Crippen molar-refractivity contribution in [2.75, 3.05) is 0 Å². The Labute approximate surface area is 133 Å². The first-order chi connectivity index (χ1) is 10.6. The molecular weight excluding hydrogens is 268 g/mol. The lowest BCUT2D eigenvalue weighted by Gasteiger charge is -2.26. The Morgan fingerprint density at radius 1 is 0.955 bits per heavy atom. The van der Waals surface area contributed by atoms with E-state index < -0.39 is 5.60 Å². The van der Waals surface area contributed by atoms with Gasteiger partial charge in [-0.15, -0.1) is 6.58 Å². The minimum Gasteiger partial charge on any atom is -0.385 e. The van der Waals surface area contributed by atoms with Gasteiger partial charge in [0.05, 0.1) is 5.60 Å². The van der Waals surface area contributed by atoms with Gasteiger partial charge in [-0.3, -0.25) is 0 Å². The first-order valence-corrected chi connectivity index (χ1v) is 8.12. The molecule has 1 heteroatoms. The van der Waals surface area contributed by atoms with Crippen LogP contribution in [0.25, 0.3) is 0 Å². The quantitative estimate of drug-likeness (QED) is 0.834. The van der Waals surface area contributed by atoms with Crippen LogP contribution in [-0.2, 0) is 31.3 Å². The van der Waals surface area contributed by atoms with Crippen molar-refractivity contribution in [1.82, 2.24) is 0 Å². The van der Waals surface area contributed by atoms with Crippen molar-refractivity contribution in [3.8, 4) is 0 Å². The molecule has 0 radical (unpaired) electrons. The maximum atomic E-state index is 10.9. The van der Waals surface area contributed by atoms with Crippen LogP contribution >= 0.6 is 0 Å². The van der Waals surface area contributed by atoms with Gasteiger partial charge >= 0.3 is 0 Å². The van der Waals surface area contributed by atoms with Gasteiger partial charge in [-0.2, -0.15) is 0 Å². The second-order valence-corrected chi connectivity index (χ2v) is 6.57. The van der Waals surface area contributed by atoms with Gasteiger partial charge in [-0.05, 0) is 66.8 Å². The highest BCUT2D eigenvalue weighted by Gasteiger charge is 2.25. The van der Waals surface area contributed by atoms with E-state index in [0.29, 0.717) is 6.42 Å². The summed E-state index contributed by atoms with van der Waals surface area (Å²) < 4.78 is 0. The average molecular weight is 292 g/mol. The molecule has 22 heavy (non-hydrogen) atoms. The van der Waals surface area contributed by atoms with Crippen molar-refractivity contribution in [1.29, 1.82) is 0 Å². The normalized spacial score (nSPS) is 16.6. The Hall–Kier alpha value is -1.86. The molecule has 2 aromatic rings. The Morgan fingerprint density at radius 2 is 1.50 bits per heavy atom. The number of hydrogen-bond donors (Lipinski definition) is 1. The van der Waals surface area contributed by atoms with Gasteiger partial charge < -0.3 is 5.11 Å². The zero-order chi connectivity index (χ0) is 15.6. The third kappa shape index (κ3) is 3.15. The lowest BCUT2D eigenvalue weighted by atomic mass is 9.84. The first kappa shape index (κ1) is 15.1. The van der Waals surface area contributed by atoms with E-state index in [1.54, 1.807) is 6.08 Å². The summed E-state index contributed by atoms with van der Waals surface area (Å²) in [5.41, 5.74) is 5.53. The second-order valence-electron chi connectivity index (χ2n) is 6.57. The van der Waals surface area contributed by atoms with Gasteiger partial charge in [0.25, 0.3) is 0 Å². The summed E-state index contributed by atoms with van der Waals surface area (Å²) in [4.78, 5) is 0. The molecule has 0 saturated carbocycles. The Balaban J connectivity index is 2.02. The van der Waals surface area contributed by atoms with E-state index in [4.69, 9.17) is 0 Å². The van der Waals surface area contributed by atoms with Crippen LogP contribution in [0.2, 0.25) is 0 Å². The third-order valence-corrected chi connectivity index (χ3v) is 4.70. The summed E-state index contributed by atoms with van der Waals surface area (Å²) in [6.45, 7) is 5.69. The summed E-state index contributed by atoms with van der Waals surface area (Å²) in [5.74, 6) is 0. The monoisotopic (exact) mass is 292 g/mol. The second kappa shape index (κ2) is 6.10. The maximum Gasteiger partial charge on any atom is 0.0905 e. The van der Waals surface area contributed by atoms with Gasteiger partial charge in [0.2, 0.25) is 0 Å². The summed E-state index contributed by atoms with van der Waals surface area (Å²) in [6, 6.07) is 15.6. The molecule has 4 aliphatic rings. The molecule has 1 nitrogen and oxygen atoms in total. The van der Waals surface area contributed by atoms with Crippen LogP contribution < -0.4 is 0 Å². The standard InChI is InChI=1S/C21H24O/c1-3-14-21(2,22)20-15-18-9-8-16-4-6-17(7-5-16)10-12-19(20)13-11-18/h3-7,11,13,15,22H,1,8-10,12,14H2,2H3. The van der Waals surface area contributed by atoms with Gasteiger partial charge in [0.1, 0.15) is 0 Å². The van der Waals surface area contributed by atoms with E-state index in [2.05, 4.69) is 49.0 Å². The molecule has 0 aliphatic heterocycles. The van der Waals surface area contributed by atoms with Crippen molar-refractivity contribution in [3.05, 3.63) is 82.9 Å². The molecule has 0 heterocycles. The topological polar surface area (TPSA) is 20.2 Å². The molecule has 0 amide bonds. The molecule has 0 spiro atoms. The van der Waals surface area contributed by atoms with Crippen LogP contribution in [0.15, 0.2) is 55.1 Å². The van der Waals surface area contributed by atoms with Gasteiger partial charge in [0.15, 0.2) is 0 Å². The molecule has 0 saturated heterocycles. The number of hydrogen-bond acceptors (Lipinski definition) is 1. The zero-order valence-electron chi connectivity index (χ0n) is 13.3. The first-order valence-electron chi connectivity index (χ1n) is 8.12. The lowest BCUT2D eigenvalue weighted by molar-refractivity contribution is 0.0596. The molecule has 114 valence electrons. The molecule has 2 aromatic carbocycles. The number of aryl methyl sites for hydroxylation is 4. The largest absolute Gasteiger partial charge is 0.385 e. The van der Waals surface area contributed by atoms with Crippen LogP contribution in [-0.4, -0.2) is 5.11 Å². The van der Waals surface area contributed by atoms with E-state index >= 15 is 0 Å². The van der Waals surface area contributed by atoms with Crippen LogP contribution in [0, 0.1) is 0 Å². The van der Waals surface area contributed by atoms with E-state index in [0.717, 1.165) is 31.2 Å². The Bertz CT molecular complexity index is 665. The number of benzene rings is 2. The molecule has 6 rings (SSSR count). The molecule has 1 N–H and O–H groups in total. The fraction of sp³-hybridized carbons (Fsp3) is 0.333. The molecule has 4 aliphatic carbocycles. The summed E-state index contributed by atoms with van der Waals surface area (Å²) >= 11 is 0. The van der Waals surface area contributed by atoms with E-state index in [9.17, 15) is 5.11 Å². The number of rotatable bonds is 3. The van der Waals surface area contributed by atoms with Crippen molar-refractivity contribution < 1.29 is 5.11 Å². The fourth-order valence-corrected chi connectivity index (χ4v) is 3.33. The van der Waals surface area contributed by atoms with Crippen LogP contribution in [0.1, 0.15) is 41.2 Å². The molecule has 0 fully saturated rings. The molecule has 1 atom stereocenters. The van der Waals surface area contributed by atoms with Crippen LogP contribution in [0.5, 0.6) is 0 Å². The van der Waals surface area contributed by atoms with Crippen LogP contribution in [0.4, 0.5) is 0 Å². The third-order valence-electron chi connectivity index (χ3n) is 4.70. The highest BCUT2D eigenvalue weighted by atomic mass is 16.3. The minimum atomic E-state index is -0.834. The predicted octanol–water partition coefficient (Wildman–Crippen LogP) is 4.35. The average Bonchev–Trinajstić information content (AvgIpc) is 2.50. The van der Waals surface area contributed by atoms with Crippen molar-refractivity contribution >= 4 is 0 Å². The van der Waals surface area contributed by atoms with E-state index in [1.165, 1.54) is 22.3 Å². The smallest absolute Gasteiger partial charge is 0.0905 e. The van der Waals surface area contributed by atoms with E-state index in [1.807, 2.05) is 6.92 Å². The molecular formula is C21H24O. The van der Waals surface area contributed by atoms with Gasteiger partial charge in [0, 0.05) is 0 Å². The van der Waals surface area contributed by atoms with E-state index in [-0.39, 0.29) is 0 Å². The van der Waals surface area contributed by atoms with Gasteiger partial charge in [-0.25, -0.2) is 0 Å². The van der Waals surface area contributed by atoms with Crippen molar-refractivity contribution in [2.24, 2.45) is 0 Å². The Kier molecular flexibility index (Phi) is 4.17. The molecule has 1 unspecified atom stereocenters. The minimum absolute atomic E-state index is 0.581. The number of aliphatic hydroxyl groups is 1. The summed E-state index contributed by atoms with van der Waals surface area (Å²) in [5, 5.41) is 10.9. The van der Waals surface area contributed by atoms with Crippen LogP contribution in [0.3, 0.4) is 0 Å². The van der Waals surface area contributed by atoms with Gasteiger partial charge in [-0.1, -0.05) is 48.5 Å². The maximum absolute atomic E-state index is 10.9. The molecule has 0 aromatic heterocycles. The predicted molar refractivity (Wildman–Crippen MR) is 92.1 cm³/mol. The SMILES string of the molecule is C=CCC(C)(O)c1cc2ccc1CCc1ccc(cc1)CC2.